The fraction of sp³-hybridized carbons (Fsp3) is 0.0833. The van der Waals surface area contributed by atoms with Crippen molar-refractivity contribution in [2.24, 2.45) is 0 Å². The molecule has 0 aliphatic carbocycles. The Morgan fingerprint density at radius 2 is 2.11 bits per heavy atom. The smallest absolute Gasteiger partial charge is 0.423 e. The molecule has 3 N–H and O–H groups in total. The van der Waals surface area contributed by atoms with Crippen LogP contribution in [0.1, 0.15) is 15.2 Å². The second-order valence-electron chi connectivity index (χ2n) is 3.78. The third-order valence-electron chi connectivity index (χ3n) is 2.45. The maximum absolute atomic E-state index is 11.7. The molecular formula is C12H12BNO3S. The first-order chi connectivity index (χ1) is 8.66. The third kappa shape index (κ3) is 3.19. The van der Waals surface area contributed by atoms with Crippen molar-refractivity contribution in [3.8, 4) is 0 Å². The number of hydrogen-bond donors (Lipinski definition) is 3. The molecule has 0 saturated heterocycles. The summed E-state index contributed by atoms with van der Waals surface area (Å²) < 4.78 is 0. The lowest BCUT2D eigenvalue weighted by Gasteiger charge is -2.06. The van der Waals surface area contributed by atoms with Crippen molar-refractivity contribution in [3.63, 3.8) is 0 Å². The number of nitrogens with one attached hydrogen (secondary N) is 1. The van der Waals surface area contributed by atoms with Gasteiger partial charge in [0, 0.05) is 6.54 Å². The molecule has 0 bridgehead atoms. The van der Waals surface area contributed by atoms with Crippen molar-refractivity contribution < 1.29 is 14.8 Å². The van der Waals surface area contributed by atoms with Crippen molar-refractivity contribution in [3.05, 3.63) is 52.2 Å². The molecule has 1 heterocycles. The SMILES string of the molecule is O=C(NCc1cccc(B(O)O)c1)c1cccs1. The molecule has 0 aliphatic heterocycles. The molecule has 0 saturated carbocycles. The predicted molar refractivity (Wildman–Crippen MR) is 71.8 cm³/mol. The second kappa shape index (κ2) is 5.81. The Morgan fingerprint density at radius 1 is 1.28 bits per heavy atom. The number of carbonyl (C=O) groups excluding carboxylic acids is 1. The summed E-state index contributed by atoms with van der Waals surface area (Å²) in [6.45, 7) is 0.358. The molecule has 1 aromatic heterocycles. The van der Waals surface area contributed by atoms with Crippen LogP contribution in [-0.4, -0.2) is 23.1 Å². The highest BCUT2D eigenvalue weighted by Gasteiger charge is 2.11. The van der Waals surface area contributed by atoms with E-state index in [4.69, 9.17) is 10.0 Å². The largest absolute Gasteiger partial charge is 0.488 e. The summed E-state index contributed by atoms with van der Waals surface area (Å²) in [5.41, 5.74) is 1.24. The van der Waals surface area contributed by atoms with Gasteiger partial charge in [0.2, 0.25) is 0 Å². The van der Waals surface area contributed by atoms with Crippen molar-refractivity contribution >= 4 is 29.8 Å². The lowest BCUT2D eigenvalue weighted by atomic mass is 9.80. The van der Waals surface area contributed by atoms with Crippen molar-refractivity contribution in [1.29, 1.82) is 0 Å². The third-order valence-corrected chi connectivity index (χ3v) is 3.32. The Labute approximate surface area is 109 Å². The Hall–Kier alpha value is -1.63. The number of amides is 1. The molecule has 0 unspecified atom stereocenters. The Morgan fingerprint density at radius 3 is 2.78 bits per heavy atom. The first-order valence-corrected chi connectivity index (χ1v) is 6.31. The molecule has 0 aliphatic rings. The minimum atomic E-state index is -1.49. The maximum Gasteiger partial charge on any atom is 0.488 e. The minimum absolute atomic E-state index is 0.125. The number of hydrogen-bond acceptors (Lipinski definition) is 4. The van der Waals surface area contributed by atoms with E-state index in [0.717, 1.165) is 5.56 Å². The van der Waals surface area contributed by atoms with Crippen molar-refractivity contribution in [1.82, 2.24) is 5.32 Å². The van der Waals surface area contributed by atoms with E-state index in [1.807, 2.05) is 17.5 Å². The second-order valence-corrected chi connectivity index (χ2v) is 4.73. The highest BCUT2D eigenvalue weighted by atomic mass is 32.1. The lowest BCUT2D eigenvalue weighted by Crippen LogP contribution is -2.30. The Kier molecular flexibility index (Phi) is 4.14. The number of benzene rings is 1. The highest BCUT2D eigenvalue weighted by Crippen LogP contribution is 2.08. The summed E-state index contributed by atoms with van der Waals surface area (Å²) in [6, 6.07) is 10.4. The highest BCUT2D eigenvalue weighted by molar-refractivity contribution is 7.12. The van der Waals surface area contributed by atoms with E-state index in [9.17, 15) is 4.79 Å². The van der Waals surface area contributed by atoms with Crippen molar-refractivity contribution in [2.75, 3.05) is 0 Å². The molecule has 0 spiro atoms. The van der Waals surface area contributed by atoms with Crippen LogP contribution in [0, 0.1) is 0 Å². The van der Waals surface area contributed by atoms with Gasteiger partial charge in [0.15, 0.2) is 0 Å². The van der Waals surface area contributed by atoms with Gasteiger partial charge in [0.25, 0.3) is 5.91 Å². The van der Waals surface area contributed by atoms with Crippen LogP contribution in [0.2, 0.25) is 0 Å². The molecular weight excluding hydrogens is 249 g/mol. The number of thiophene rings is 1. The van der Waals surface area contributed by atoms with Gasteiger partial charge in [-0.1, -0.05) is 30.3 Å². The normalized spacial score (nSPS) is 10.1. The molecule has 0 atom stereocenters. The first kappa shape index (κ1) is 12.8. The molecule has 92 valence electrons. The summed E-state index contributed by atoms with van der Waals surface area (Å²) >= 11 is 1.38. The molecule has 0 fully saturated rings. The topological polar surface area (TPSA) is 69.6 Å². The quantitative estimate of drug-likeness (QED) is 0.696. The molecule has 6 heteroatoms. The fourth-order valence-corrected chi connectivity index (χ4v) is 2.18. The monoisotopic (exact) mass is 261 g/mol. The van der Waals surface area contributed by atoms with E-state index in [1.54, 1.807) is 24.3 Å². The summed E-state index contributed by atoms with van der Waals surface area (Å²) in [7, 11) is -1.49. The number of carbonyl (C=O) groups is 1. The van der Waals surface area contributed by atoms with E-state index >= 15 is 0 Å². The van der Waals surface area contributed by atoms with E-state index in [-0.39, 0.29) is 5.91 Å². The van der Waals surface area contributed by atoms with Crippen molar-refractivity contribution in [2.45, 2.75) is 6.54 Å². The van der Waals surface area contributed by atoms with Gasteiger partial charge >= 0.3 is 7.12 Å². The molecule has 1 amide bonds. The number of rotatable bonds is 4. The summed E-state index contributed by atoms with van der Waals surface area (Å²) in [5, 5.41) is 22.7. The lowest BCUT2D eigenvalue weighted by molar-refractivity contribution is 0.0955. The molecule has 2 aromatic rings. The van der Waals surface area contributed by atoms with Gasteiger partial charge in [-0.05, 0) is 22.5 Å². The van der Waals surface area contributed by atoms with Crippen LogP contribution in [0.3, 0.4) is 0 Å². The zero-order valence-electron chi connectivity index (χ0n) is 9.54. The zero-order chi connectivity index (χ0) is 13.0. The molecule has 1 aromatic carbocycles. The zero-order valence-corrected chi connectivity index (χ0v) is 10.4. The average Bonchev–Trinajstić information content (AvgIpc) is 2.90. The van der Waals surface area contributed by atoms with E-state index in [2.05, 4.69) is 5.32 Å². The van der Waals surface area contributed by atoms with Gasteiger partial charge in [-0.25, -0.2) is 0 Å². The summed E-state index contributed by atoms with van der Waals surface area (Å²) in [4.78, 5) is 12.4. The van der Waals surface area contributed by atoms with Crippen LogP contribution in [0.4, 0.5) is 0 Å². The van der Waals surface area contributed by atoms with Crippen LogP contribution in [0.25, 0.3) is 0 Å². The molecule has 18 heavy (non-hydrogen) atoms. The van der Waals surface area contributed by atoms with Gasteiger partial charge < -0.3 is 15.4 Å². The molecule has 2 rings (SSSR count). The molecule has 4 nitrogen and oxygen atoms in total. The summed E-state index contributed by atoms with van der Waals surface area (Å²) in [6.07, 6.45) is 0. The average molecular weight is 261 g/mol. The van der Waals surface area contributed by atoms with E-state index < -0.39 is 7.12 Å². The molecule has 0 radical (unpaired) electrons. The van der Waals surface area contributed by atoms with E-state index in [1.165, 1.54) is 11.3 Å². The van der Waals surface area contributed by atoms with Crippen LogP contribution in [-0.2, 0) is 6.54 Å². The van der Waals surface area contributed by atoms with Crippen LogP contribution >= 0.6 is 11.3 Å². The standard InChI is InChI=1S/C12H12BNO3S/c15-12(11-5-2-6-18-11)14-8-9-3-1-4-10(7-9)13(16)17/h1-7,16-17H,8H2,(H,14,15). The van der Waals surface area contributed by atoms with Crippen LogP contribution in [0.15, 0.2) is 41.8 Å². The van der Waals surface area contributed by atoms with Crippen LogP contribution in [0.5, 0.6) is 0 Å². The minimum Gasteiger partial charge on any atom is -0.423 e. The first-order valence-electron chi connectivity index (χ1n) is 5.43. The van der Waals surface area contributed by atoms with Gasteiger partial charge in [0.05, 0.1) is 4.88 Å². The Bertz CT molecular complexity index is 528. The fourth-order valence-electron chi connectivity index (χ4n) is 1.54. The van der Waals surface area contributed by atoms with Crippen LogP contribution < -0.4 is 10.8 Å². The van der Waals surface area contributed by atoms with Gasteiger partial charge in [0.1, 0.15) is 0 Å². The van der Waals surface area contributed by atoms with E-state index in [0.29, 0.717) is 16.9 Å². The summed E-state index contributed by atoms with van der Waals surface area (Å²) in [5.74, 6) is -0.125. The Balaban J connectivity index is 1.98. The maximum atomic E-state index is 11.7. The van der Waals surface area contributed by atoms with Gasteiger partial charge in [-0.15, -0.1) is 11.3 Å². The van der Waals surface area contributed by atoms with Gasteiger partial charge in [-0.2, -0.15) is 0 Å². The predicted octanol–water partition coefficient (Wildman–Crippen LogP) is 0.358. The van der Waals surface area contributed by atoms with Gasteiger partial charge in [-0.3, -0.25) is 4.79 Å².